The molecular weight excluding hydrogens is 462 g/mol. The van der Waals surface area contributed by atoms with Crippen molar-refractivity contribution in [1.29, 1.82) is 0 Å². The Hall–Kier alpha value is -4.17. The molecule has 0 saturated carbocycles. The minimum atomic E-state index is -3.79. The fourth-order valence-electron chi connectivity index (χ4n) is 3.54. The highest BCUT2D eigenvalue weighted by Gasteiger charge is 2.17. The van der Waals surface area contributed by atoms with Crippen molar-refractivity contribution in [1.82, 2.24) is 4.57 Å². The van der Waals surface area contributed by atoms with Crippen LogP contribution in [-0.4, -0.2) is 18.9 Å². The molecule has 0 spiro atoms. The predicted octanol–water partition coefficient (Wildman–Crippen LogP) is 4.57. The van der Waals surface area contributed by atoms with Gasteiger partial charge in [-0.05, 0) is 79.1 Å². The summed E-state index contributed by atoms with van der Waals surface area (Å²) in [6, 6.07) is 23.4. The lowest BCUT2D eigenvalue weighted by Gasteiger charge is -2.12. The number of benzene rings is 3. The number of carbonyl (C=O) groups excluding carboxylic acids is 1. The SMILES string of the molecule is Cc1cccc(NS(=O)(=O)c2ccc(C(=O)Nc3ccc(Cn4ccccc4=O)cc3)cc2)c1C. The van der Waals surface area contributed by atoms with Gasteiger partial charge in [0.2, 0.25) is 0 Å². The molecule has 0 saturated heterocycles. The molecule has 35 heavy (non-hydrogen) atoms. The summed E-state index contributed by atoms with van der Waals surface area (Å²) in [5.74, 6) is -0.358. The Morgan fingerprint density at radius 2 is 1.57 bits per heavy atom. The summed E-state index contributed by atoms with van der Waals surface area (Å²) in [6.45, 7) is 4.20. The number of hydrogen-bond acceptors (Lipinski definition) is 4. The van der Waals surface area contributed by atoms with Crippen molar-refractivity contribution in [2.75, 3.05) is 10.0 Å². The van der Waals surface area contributed by atoms with Gasteiger partial charge in [-0.25, -0.2) is 8.42 Å². The number of amides is 1. The van der Waals surface area contributed by atoms with Crippen molar-refractivity contribution >= 4 is 27.3 Å². The highest BCUT2D eigenvalue weighted by atomic mass is 32.2. The minimum Gasteiger partial charge on any atom is -0.322 e. The lowest BCUT2D eigenvalue weighted by molar-refractivity contribution is 0.102. The van der Waals surface area contributed by atoms with E-state index < -0.39 is 10.0 Å². The molecule has 3 aromatic carbocycles. The number of pyridine rings is 1. The monoisotopic (exact) mass is 487 g/mol. The fourth-order valence-corrected chi connectivity index (χ4v) is 4.66. The maximum Gasteiger partial charge on any atom is 0.261 e. The van der Waals surface area contributed by atoms with Crippen molar-refractivity contribution in [3.8, 4) is 0 Å². The van der Waals surface area contributed by atoms with E-state index in [9.17, 15) is 18.0 Å². The first-order valence-electron chi connectivity index (χ1n) is 11.0. The highest BCUT2D eigenvalue weighted by molar-refractivity contribution is 7.92. The second-order valence-corrected chi connectivity index (χ2v) is 9.88. The maximum absolute atomic E-state index is 12.8. The minimum absolute atomic E-state index is 0.0652. The molecule has 1 heterocycles. The quantitative estimate of drug-likeness (QED) is 0.399. The van der Waals surface area contributed by atoms with Crippen LogP contribution in [-0.2, 0) is 16.6 Å². The van der Waals surface area contributed by atoms with Gasteiger partial charge in [0.1, 0.15) is 0 Å². The maximum atomic E-state index is 12.8. The molecule has 4 aromatic rings. The molecule has 1 aromatic heterocycles. The van der Waals surface area contributed by atoms with Gasteiger partial charge in [0.25, 0.3) is 21.5 Å². The molecule has 2 N–H and O–H groups in total. The van der Waals surface area contributed by atoms with Crippen LogP contribution in [0.3, 0.4) is 0 Å². The van der Waals surface area contributed by atoms with Crippen molar-refractivity contribution in [3.63, 3.8) is 0 Å². The van der Waals surface area contributed by atoms with E-state index in [-0.39, 0.29) is 16.4 Å². The Morgan fingerprint density at radius 1 is 0.857 bits per heavy atom. The molecule has 4 rings (SSSR count). The van der Waals surface area contributed by atoms with Crippen LogP contribution in [0.25, 0.3) is 0 Å². The zero-order valence-electron chi connectivity index (χ0n) is 19.4. The summed E-state index contributed by atoms with van der Waals surface area (Å²) < 4.78 is 29.8. The van der Waals surface area contributed by atoms with E-state index in [1.165, 1.54) is 30.3 Å². The standard InChI is InChI=1S/C27H25N3O4S/c1-19-6-5-7-25(20(19)2)29-35(33,34)24-15-11-22(12-16-24)27(32)28-23-13-9-21(10-14-23)18-30-17-4-3-8-26(30)31/h3-17,29H,18H2,1-2H3,(H,28,32). The summed E-state index contributed by atoms with van der Waals surface area (Å²) in [6.07, 6.45) is 1.72. The van der Waals surface area contributed by atoms with Crippen LogP contribution < -0.4 is 15.6 Å². The number of rotatable bonds is 7. The number of carbonyl (C=O) groups is 1. The topological polar surface area (TPSA) is 97.3 Å². The van der Waals surface area contributed by atoms with E-state index >= 15 is 0 Å². The van der Waals surface area contributed by atoms with Crippen molar-refractivity contribution < 1.29 is 13.2 Å². The predicted molar refractivity (Wildman–Crippen MR) is 137 cm³/mol. The van der Waals surface area contributed by atoms with Gasteiger partial charge >= 0.3 is 0 Å². The zero-order chi connectivity index (χ0) is 25.0. The molecule has 0 radical (unpaired) electrons. The van der Waals surface area contributed by atoms with Gasteiger partial charge in [-0.1, -0.05) is 30.3 Å². The molecule has 178 valence electrons. The van der Waals surface area contributed by atoms with Gasteiger partial charge in [-0.2, -0.15) is 0 Å². The van der Waals surface area contributed by atoms with Gasteiger partial charge in [0.05, 0.1) is 17.1 Å². The number of hydrogen-bond donors (Lipinski definition) is 2. The Kier molecular flexibility index (Phi) is 6.84. The molecule has 8 heteroatoms. The average Bonchev–Trinajstić information content (AvgIpc) is 2.84. The Bertz CT molecular complexity index is 1520. The van der Waals surface area contributed by atoms with Crippen molar-refractivity contribution in [2.45, 2.75) is 25.3 Å². The Labute approximate surface area is 204 Å². The van der Waals surface area contributed by atoms with E-state index in [0.29, 0.717) is 23.5 Å². The molecule has 0 atom stereocenters. The lowest BCUT2D eigenvalue weighted by atomic mass is 10.1. The Morgan fingerprint density at radius 3 is 2.26 bits per heavy atom. The van der Waals surface area contributed by atoms with E-state index in [4.69, 9.17) is 0 Å². The lowest BCUT2D eigenvalue weighted by Crippen LogP contribution is -2.18. The number of aryl methyl sites for hydroxylation is 1. The first-order valence-corrected chi connectivity index (χ1v) is 12.5. The molecular formula is C27H25N3O4S. The van der Waals surface area contributed by atoms with Crippen LogP contribution in [0.5, 0.6) is 0 Å². The smallest absolute Gasteiger partial charge is 0.261 e. The van der Waals surface area contributed by atoms with Crippen LogP contribution in [0.1, 0.15) is 27.0 Å². The summed E-state index contributed by atoms with van der Waals surface area (Å²) in [7, 11) is -3.79. The molecule has 1 amide bonds. The van der Waals surface area contributed by atoms with Crippen LogP contribution >= 0.6 is 0 Å². The van der Waals surface area contributed by atoms with Crippen LogP contribution in [0.2, 0.25) is 0 Å². The molecule has 0 fully saturated rings. The van der Waals surface area contributed by atoms with Crippen LogP contribution in [0.15, 0.2) is 101 Å². The summed E-state index contributed by atoms with van der Waals surface area (Å²) in [4.78, 5) is 24.6. The van der Waals surface area contributed by atoms with Gasteiger partial charge < -0.3 is 9.88 Å². The van der Waals surface area contributed by atoms with Gasteiger partial charge in [0.15, 0.2) is 0 Å². The normalized spacial score (nSPS) is 11.1. The molecule has 0 bridgehead atoms. The number of nitrogens with zero attached hydrogens (tertiary/aromatic N) is 1. The van der Waals surface area contributed by atoms with Crippen molar-refractivity contribution in [3.05, 3.63) is 124 Å². The fraction of sp³-hybridized carbons (Fsp3) is 0.111. The third kappa shape index (κ3) is 5.67. The summed E-state index contributed by atoms with van der Waals surface area (Å²) in [5.41, 5.74) is 4.12. The number of anilines is 2. The third-order valence-electron chi connectivity index (χ3n) is 5.74. The van der Waals surface area contributed by atoms with Crippen LogP contribution in [0, 0.1) is 13.8 Å². The van der Waals surface area contributed by atoms with Gasteiger partial charge in [-0.15, -0.1) is 0 Å². The second kappa shape index (κ2) is 9.99. The summed E-state index contributed by atoms with van der Waals surface area (Å²) >= 11 is 0. The summed E-state index contributed by atoms with van der Waals surface area (Å²) in [5, 5.41) is 2.80. The first-order chi connectivity index (χ1) is 16.7. The second-order valence-electron chi connectivity index (χ2n) is 8.20. The zero-order valence-corrected chi connectivity index (χ0v) is 20.2. The van der Waals surface area contributed by atoms with E-state index in [0.717, 1.165) is 16.7 Å². The van der Waals surface area contributed by atoms with Crippen molar-refractivity contribution in [2.24, 2.45) is 0 Å². The van der Waals surface area contributed by atoms with E-state index in [1.54, 1.807) is 47.2 Å². The van der Waals surface area contributed by atoms with Gasteiger partial charge in [0, 0.05) is 23.5 Å². The number of sulfonamides is 1. The molecule has 0 aliphatic rings. The largest absolute Gasteiger partial charge is 0.322 e. The molecule has 7 nitrogen and oxygen atoms in total. The number of aromatic nitrogens is 1. The molecule has 0 aliphatic carbocycles. The number of nitrogens with one attached hydrogen (secondary N) is 2. The van der Waals surface area contributed by atoms with E-state index in [2.05, 4.69) is 10.0 Å². The average molecular weight is 488 g/mol. The first kappa shape index (κ1) is 24.0. The Balaban J connectivity index is 1.42. The third-order valence-corrected chi connectivity index (χ3v) is 7.12. The highest BCUT2D eigenvalue weighted by Crippen LogP contribution is 2.22. The molecule has 0 aliphatic heterocycles. The van der Waals surface area contributed by atoms with Gasteiger partial charge in [-0.3, -0.25) is 14.3 Å². The van der Waals surface area contributed by atoms with Crippen LogP contribution in [0.4, 0.5) is 11.4 Å². The molecule has 0 unspecified atom stereocenters. The van der Waals surface area contributed by atoms with E-state index in [1.807, 2.05) is 32.0 Å².